The van der Waals surface area contributed by atoms with Crippen LogP contribution in [0.15, 0.2) is 72.2 Å². The number of nitrogens with zero attached hydrogens (tertiary/aromatic N) is 3. The van der Waals surface area contributed by atoms with Crippen molar-refractivity contribution in [3.63, 3.8) is 0 Å². The monoisotopic (exact) mass is 251 g/mol. The van der Waals surface area contributed by atoms with E-state index in [1.54, 1.807) is 35.4 Å². The van der Waals surface area contributed by atoms with Crippen LogP contribution in [0.5, 0.6) is 0 Å². The third-order valence-electron chi connectivity index (χ3n) is 2.99. The van der Waals surface area contributed by atoms with Gasteiger partial charge in [0, 0.05) is 30.3 Å². The lowest BCUT2D eigenvalue weighted by Gasteiger charge is -2.07. The summed E-state index contributed by atoms with van der Waals surface area (Å²) >= 11 is 0. The zero-order valence-corrected chi connectivity index (χ0v) is 10.3. The first kappa shape index (κ1) is 11.5. The van der Waals surface area contributed by atoms with E-state index < -0.39 is 0 Å². The standard InChI is InChI=1S/C15H13N3O/c19-15-3-1-2-9-17(15)11-13-4-6-14(7-5-13)18-10-8-16-12-18/h1-10,12H,11H2. The van der Waals surface area contributed by atoms with Crippen LogP contribution in [-0.4, -0.2) is 14.1 Å². The fourth-order valence-electron chi connectivity index (χ4n) is 1.97. The van der Waals surface area contributed by atoms with E-state index in [0.717, 1.165) is 11.3 Å². The number of aromatic nitrogens is 3. The predicted octanol–water partition coefficient (Wildman–Crippen LogP) is 2.08. The average molecular weight is 251 g/mol. The molecule has 0 spiro atoms. The second-order valence-electron chi connectivity index (χ2n) is 4.30. The minimum absolute atomic E-state index is 0.0150. The summed E-state index contributed by atoms with van der Waals surface area (Å²) in [6, 6.07) is 13.3. The number of pyridine rings is 1. The van der Waals surface area contributed by atoms with E-state index in [2.05, 4.69) is 4.98 Å². The van der Waals surface area contributed by atoms with Gasteiger partial charge in [-0.25, -0.2) is 4.98 Å². The van der Waals surface area contributed by atoms with Gasteiger partial charge in [-0.15, -0.1) is 0 Å². The van der Waals surface area contributed by atoms with Crippen molar-refractivity contribution in [1.82, 2.24) is 14.1 Å². The van der Waals surface area contributed by atoms with Crippen LogP contribution in [0.25, 0.3) is 5.69 Å². The zero-order chi connectivity index (χ0) is 13.1. The van der Waals surface area contributed by atoms with Gasteiger partial charge in [-0.1, -0.05) is 18.2 Å². The molecule has 0 unspecified atom stereocenters. The fourth-order valence-corrected chi connectivity index (χ4v) is 1.97. The van der Waals surface area contributed by atoms with Crippen LogP contribution >= 0.6 is 0 Å². The third kappa shape index (κ3) is 2.47. The summed E-state index contributed by atoms with van der Waals surface area (Å²) in [5, 5.41) is 0. The lowest BCUT2D eigenvalue weighted by Crippen LogP contribution is -2.18. The van der Waals surface area contributed by atoms with Crippen molar-refractivity contribution in [2.24, 2.45) is 0 Å². The number of benzene rings is 1. The Morgan fingerprint density at radius 3 is 2.53 bits per heavy atom. The fraction of sp³-hybridized carbons (Fsp3) is 0.0667. The highest BCUT2D eigenvalue weighted by Crippen LogP contribution is 2.09. The Morgan fingerprint density at radius 1 is 1.00 bits per heavy atom. The summed E-state index contributed by atoms with van der Waals surface area (Å²) in [4.78, 5) is 15.6. The van der Waals surface area contributed by atoms with E-state index in [0.29, 0.717) is 6.54 Å². The molecule has 4 heteroatoms. The van der Waals surface area contributed by atoms with Gasteiger partial charge in [0.2, 0.25) is 0 Å². The lowest BCUT2D eigenvalue weighted by atomic mass is 10.2. The summed E-state index contributed by atoms with van der Waals surface area (Å²) in [5.41, 5.74) is 2.17. The minimum atomic E-state index is 0.0150. The van der Waals surface area contributed by atoms with Crippen molar-refractivity contribution < 1.29 is 0 Å². The van der Waals surface area contributed by atoms with Crippen LogP contribution in [0.3, 0.4) is 0 Å². The highest BCUT2D eigenvalue weighted by molar-refractivity contribution is 5.34. The van der Waals surface area contributed by atoms with Gasteiger partial charge in [0.05, 0.1) is 12.9 Å². The van der Waals surface area contributed by atoms with E-state index in [4.69, 9.17) is 0 Å². The van der Waals surface area contributed by atoms with Crippen molar-refractivity contribution >= 4 is 0 Å². The average Bonchev–Trinajstić information content (AvgIpc) is 2.96. The molecule has 3 rings (SSSR count). The summed E-state index contributed by atoms with van der Waals surface area (Å²) < 4.78 is 3.63. The van der Waals surface area contributed by atoms with Crippen molar-refractivity contribution in [3.05, 3.63) is 83.3 Å². The Hall–Kier alpha value is -2.62. The van der Waals surface area contributed by atoms with Crippen molar-refractivity contribution in [2.45, 2.75) is 6.54 Å². The van der Waals surface area contributed by atoms with Crippen LogP contribution in [0.1, 0.15) is 5.56 Å². The summed E-state index contributed by atoms with van der Waals surface area (Å²) in [6.45, 7) is 0.587. The first-order valence-corrected chi connectivity index (χ1v) is 6.06. The Morgan fingerprint density at radius 2 is 1.84 bits per heavy atom. The molecule has 0 aliphatic carbocycles. The molecular formula is C15H13N3O. The van der Waals surface area contributed by atoms with Gasteiger partial charge in [-0.3, -0.25) is 4.79 Å². The number of hydrogen-bond acceptors (Lipinski definition) is 2. The largest absolute Gasteiger partial charge is 0.311 e. The third-order valence-corrected chi connectivity index (χ3v) is 2.99. The van der Waals surface area contributed by atoms with Crippen LogP contribution < -0.4 is 5.56 Å². The predicted molar refractivity (Wildman–Crippen MR) is 73.4 cm³/mol. The normalized spacial score (nSPS) is 10.5. The van der Waals surface area contributed by atoms with Crippen molar-refractivity contribution in [1.29, 1.82) is 0 Å². The number of rotatable bonds is 3. The number of imidazole rings is 1. The Labute approximate surface area is 110 Å². The maximum atomic E-state index is 11.6. The number of hydrogen-bond donors (Lipinski definition) is 0. The second kappa shape index (κ2) is 4.94. The van der Waals surface area contributed by atoms with Gasteiger partial charge in [-0.05, 0) is 23.8 Å². The molecule has 2 aromatic heterocycles. The van der Waals surface area contributed by atoms with Crippen molar-refractivity contribution in [2.75, 3.05) is 0 Å². The maximum Gasteiger partial charge on any atom is 0.250 e. The van der Waals surface area contributed by atoms with Gasteiger partial charge < -0.3 is 9.13 Å². The molecule has 0 N–H and O–H groups in total. The van der Waals surface area contributed by atoms with E-state index in [1.807, 2.05) is 41.1 Å². The molecule has 4 nitrogen and oxygen atoms in total. The summed E-state index contributed by atoms with van der Waals surface area (Å²) in [7, 11) is 0. The van der Waals surface area contributed by atoms with E-state index in [1.165, 1.54) is 0 Å². The SMILES string of the molecule is O=c1ccccn1Cc1ccc(-n2ccnc2)cc1. The Bertz CT molecular complexity index is 712. The minimum Gasteiger partial charge on any atom is -0.311 e. The van der Waals surface area contributed by atoms with Crippen LogP contribution in [0.2, 0.25) is 0 Å². The van der Waals surface area contributed by atoms with Crippen LogP contribution in [-0.2, 0) is 6.54 Å². The highest BCUT2D eigenvalue weighted by atomic mass is 16.1. The molecule has 0 aliphatic heterocycles. The molecule has 1 aromatic carbocycles. The first-order chi connectivity index (χ1) is 9.33. The smallest absolute Gasteiger partial charge is 0.250 e. The van der Waals surface area contributed by atoms with Crippen molar-refractivity contribution in [3.8, 4) is 5.69 Å². The highest BCUT2D eigenvalue weighted by Gasteiger charge is 1.99. The van der Waals surface area contributed by atoms with Gasteiger partial charge in [0.25, 0.3) is 5.56 Å². The molecule has 0 atom stereocenters. The molecule has 0 bridgehead atoms. The molecule has 0 saturated carbocycles. The van der Waals surface area contributed by atoms with Crippen LogP contribution in [0.4, 0.5) is 0 Å². The Kier molecular flexibility index (Phi) is 2.98. The first-order valence-electron chi connectivity index (χ1n) is 6.06. The molecule has 0 fully saturated rings. The molecule has 3 aromatic rings. The van der Waals surface area contributed by atoms with E-state index >= 15 is 0 Å². The molecule has 2 heterocycles. The van der Waals surface area contributed by atoms with Gasteiger partial charge in [0.15, 0.2) is 0 Å². The topological polar surface area (TPSA) is 39.8 Å². The molecular weight excluding hydrogens is 238 g/mol. The quantitative estimate of drug-likeness (QED) is 0.715. The maximum absolute atomic E-state index is 11.6. The summed E-state index contributed by atoms with van der Waals surface area (Å²) in [6.07, 6.45) is 7.21. The molecule has 0 saturated heterocycles. The Balaban J connectivity index is 1.84. The summed E-state index contributed by atoms with van der Waals surface area (Å²) in [5.74, 6) is 0. The van der Waals surface area contributed by atoms with Gasteiger partial charge >= 0.3 is 0 Å². The molecule has 0 radical (unpaired) electrons. The van der Waals surface area contributed by atoms with Gasteiger partial charge in [0.1, 0.15) is 0 Å². The molecule has 19 heavy (non-hydrogen) atoms. The molecule has 0 amide bonds. The van der Waals surface area contributed by atoms with Gasteiger partial charge in [-0.2, -0.15) is 0 Å². The molecule has 94 valence electrons. The second-order valence-corrected chi connectivity index (χ2v) is 4.30. The van der Waals surface area contributed by atoms with E-state index in [9.17, 15) is 4.79 Å². The zero-order valence-electron chi connectivity index (χ0n) is 10.3. The van der Waals surface area contributed by atoms with Crippen LogP contribution in [0, 0.1) is 0 Å². The van der Waals surface area contributed by atoms with E-state index in [-0.39, 0.29) is 5.56 Å². The molecule has 0 aliphatic rings. The lowest BCUT2D eigenvalue weighted by molar-refractivity contribution is 0.759.